The molecular weight excluding hydrogens is 242 g/mol. The highest BCUT2D eigenvalue weighted by molar-refractivity contribution is 5.78. The molecule has 5 heteroatoms. The summed E-state index contributed by atoms with van der Waals surface area (Å²) >= 11 is 0. The lowest BCUT2D eigenvalue weighted by atomic mass is 9.98. The summed E-state index contributed by atoms with van der Waals surface area (Å²) in [4.78, 5) is 14.1. The number of nitrogens with one attached hydrogen (secondary N) is 2. The van der Waals surface area contributed by atoms with Crippen LogP contribution in [-0.2, 0) is 9.53 Å². The minimum absolute atomic E-state index is 0.0788. The topological polar surface area (TPSA) is 53.6 Å². The van der Waals surface area contributed by atoms with Crippen molar-refractivity contribution in [1.82, 2.24) is 15.5 Å². The van der Waals surface area contributed by atoms with Crippen LogP contribution in [0, 0.1) is 0 Å². The number of nitrogens with zero attached hydrogens (tertiary/aromatic N) is 1. The molecule has 3 unspecified atom stereocenters. The predicted octanol–water partition coefficient (Wildman–Crippen LogP) is 0.352. The summed E-state index contributed by atoms with van der Waals surface area (Å²) in [6.45, 7) is 3.01. The van der Waals surface area contributed by atoms with Gasteiger partial charge >= 0.3 is 0 Å². The third-order valence-corrected chi connectivity index (χ3v) is 4.29. The van der Waals surface area contributed by atoms with Crippen LogP contribution < -0.4 is 10.6 Å². The van der Waals surface area contributed by atoms with Gasteiger partial charge in [0, 0.05) is 31.3 Å². The molecule has 2 fully saturated rings. The first-order valence-electron chi connectivity index (χ1n) is 7.33. The van der Waals surface area contributed by atoms with Crippen molar-refractivity contribution in [1.29, 1.82) is 0 Å². The molecule has 2 saturated heterocycles. The Morgan fingerprint density at radius 2 is 2.05 bits per heavy atom. The molecule has 0 aromatic carbocycles. The van der Waals surface area contributed by atoms with E-state index >= 15 is 0 Å². The molecule has 19 heavy (non-hydrogen) atoms. The van der Waals surface area contributed by atoms with Gasteiger partial charge in [0.2, 0.25) is 5.91 Å². The molecule has 110 valence electrons. The monoisotopic (exact) mass is 269 g/mol. The summed E-state index contributed by atoms with van der Waals surface area (Å²) in [6, 6.07) is 1.96. The molecule has 0 saturated carbocycles. The third kappa shape index (κ3) is 4.16. The summed E-state index contributed by atoms with van der Waals surface area (Å²) < 4.78 is 5.03. The van der Waals surface area contributed by atoms with Crippen LogP contribution in [-0.4, -0.2) is 62.3 Å². The van der Waals surface area contributed by atoms with E-state index in [-0.39, 0.29) is 11.9 Å². The van der Waals surface area contributed by atoms with E-state index < -0.39 is 0 Å². The number of fused-ring (bicyclic) bond motifs is 2. The smallest absolute Gasteiger partial charge is 0.234 e. The maximum atomic E-state index is 11.9. The van der Waals surface area contributed by atoms with Gasteiger partial charge in [-0.15, -0.1) is 0 Å². The molecule has 5 nitrogen and oxygen atoms in total. The zero-order valence-electron chi connectivity index (χ0n) is 12.3. The van der Waals surface area contributed by atoms with Crippen LogP contribution in [0.2, 0.25) is 0 Å². The second kappa shape index (κ2) is 6.68. The highest BCUT2D eigenvalue weighted by atomic mass is 16.5. The van der Waals surface area contributed by atoms with Gasteiger partial charge in [-0.3, -0.25) is 9.69 Å². The second-order valence-electron chi connectivity index (χ2n) is 6.10. The lowest BCUT2D eigenvalue weighted by molar-refractivity contribution is -0.123. The molecule has 2 bridgehead atoms. The van der Waals surface area contributed by atoms with Gasteiger partial charge in [-0.05, 0) is 39.7 Å². The first-order chi connectivity index (χ1) is 9.08. The highest BCUT2D eigenvalue weighted by Gasteiger charge is 2.35. The van der Waals surface area contributed by atoms with Crippen LogP contribution >= 0.6 is 0 Å². The van der Waals surface area contributed by atoms with E-state index in [9.17, 15) is 4.79 Å². The average molecular weight is 269 g/mol. The zero-order chi connectivity index (χ0) is 13.8. The van der Waals surface area contributed by atoms with Crippen molar-refractivity contribution in [2.75, 3.05) is 27.3 Å². The van der Waals surface area contributed by atoms with Crippen LogP contribution in [0.5, 0.6) is 0 Å². The molecule has 2 aliphatic rings. The number of amides is 1. The fourth-order valence-corrected chi connectivity index (χ4v) is 3.35. The molecule has 2 aliphatic heterocycles. The number of rotatable bonds is 6. The van der Waals surface area contributed by atoms with Gasteiger partial charge in [0.15, 0.2) is 0 Å². The molecule has 2 heterocycles. The summed E-state index contributed by atoms with van der Waals surface area (Å²) in [5, 5.41) is 6.60. The number of ether oxygens (including phenoxy) is 1. The molecule has 2 N–H and O–H groups in total. The van der Waals surface area contributed by atoms with Crippen LogP contribution in [0.3, 0.4) is 0 Å². The molecule has 3 atom stereocenters. The van der Waals surface area contributed by atoms with Gasteiger partial charge in [0.25, 0.3) is 0 Å². The molecule has 0 aromatic rings. The number of piperidine rings is 1. The Morgan fingerprint density at radius 1 is 1.42 bits per heavy atom. The van der Waals surface area contributed by atoms with E-state index in [4.69, 9.17) is 4.74 Å². The van der Waals surface area contributed by atoms with Crippen molar-refractivity contribution < 1.29 is 9.53 Å². The van der Waals surface area contributed by atoms with Gasteiger partial charge < -0.3 is 15.4 Å². The highest BCUT2D eigenvalue weighted by Crippen LogP contribution is 2.28. The Balaban J connectivity index is 1.74. The van der Waals surface area contributed by atoms with Crippen molar-refractivity contribution in [3.05, 3.63) is 0 Å². The maximum Gasteiger partial charge on any atom is 0.234 e. The SMILES string of the molecule is COCC(C)NC(=O)CN(C)C1CC2CCC(C1)N2. The summed E-state index contributed by atoms with van der Waals surface area (Å²) in [7, 11) is 3.72. The number of likely N-dealkylation sites (N-methyl/N-ethyl adjacent to an activating group) is 1. The van der Waals surface area contributed by atoms with Crippen molar-refractivity contribution in [3.8, 4) is 0 Å². The van der Waals surface area contributed by atoms with Crippen LogP contribution in [0.15, 0.2) is 0 Å². The molecule has 0 radical (unpaired) electrons. The van der Waals surface area contributed by atoms with Gasteiger partial charge in [0.1, 0.15) is 0 Å². The van der Waals surface area contributed by atoms with Crippen LogP contribution in [0.1, 0.15) is 32.6 Å². The van der Waals surface area contributed by atoms with Gasteiger partial charge in [-0.2, -0.15) is 0 Å². The normalized spacial score (nSPS) is 31.5. The quantitative estimate of drug-likeness (QED) is 0.731. The molecule has 2 rings (SSSR count). The number of hydrogen-bond donors (Lipinski definition) is 2. The first-order valence-corrected chi connectivity index (χ1v) is 7.33. The summed E-state index contributed by atoms with van der Waals surface area (Å²) in [5.41, 5.74) is 0. The third-order valence-electron chi connectivity index (χ3n) is 4.29. The molecule has 0 aromatic heterocycles. The Bertz CT molecular complexity index is 299. The van der Waals surface area contributed by atoms with Crippen molar-refractivity contribution >= 4 is 5.91 Å². The molecular formula is C14H27N3O2. The van der Waals surface area contributed by atoms with Gasteiger partial charge in [-0.1, -0.05) is 0 Å². The minimum Gasteiger partial charge on any atom is -0.383 e. The van der Waals surface area contributed by atoms with Crippen LogP contribution in [0.25, 0.3) is 0 Å². The minimum atomic E-state index is 0.0788. The second-order valence-corrected chi connectivity index (χ2v) is 6.10. The number of carbonyl (C=O) groups excluding carboxylic acids is 1. The summed E-state index contributed by atoms with van der Waals surface area (Å²) in [5.74, 6) is 0.0953. The zero-order valence-corrected chi connectivity index (χ0v) is 12.3. The lowest BCUT2D eigenvalue weighted by Crippen LogP contribution is -2.50. The number of carbonyl (C=O) groups is 1. The number of hydrogen-bond acceptors (Lipinski definition) is 4. The molecule has 0 spiro atoms. The number of methoxy groups -OCH3 is 1. The van der Waals surface area contributed by atoms with E-state index in [0.717, 1.165) is 0 Å². The predicted molar refractivity (Wildman–Crippen MR) is 75.1 cm³/mol. The van der Waals surface area contributed by atoms with E-state index in [1.807, 2.05) is 6.92 Å². The van der Waals surface area contributed by atoms with E-state index in [1.54, 1.807) is 7.11 Å². The van der Waals surface area contributed by atoms with Crippen LogP contribution in [0.4, 0.5) is 0 Å². The Kier molecular flexibility index (Phi) is 5.19. The van der Waals surface area contributed by atoms with E-state index in [1.165, 1.54) is 25.7 Å². The fraction of sp³-hybridized carbons (Fsp3) is 0.929. The molecule has 0 aliphatic carbocycles. The Hall–Kier alpha value is -0.650. The van der Waals surface area contributed by atoms with E-state index in [0.29, 0.717) is 31.3 Å². The lowest BCUT2D eigenvalue weighted by Gasteiger charge is -2.35. The average Bonchev–Trinajstić information content (AvgIpc) is 2.68. The Labute approximate surface area is 116 Å². The van der Waals surface area contributed by atoms with Gasteiger partial charge in [0.05, 0.1) is 13.2 Å². The maximum absolute atomic E-state index is 11.9. The molecule has 1 amide bonds. The van der Waals surface area contributed by atoms with Crippen molar-refractivity contribution in [2.24, 2.45) is 0 Å². The van der Waals surface area contributed by atoms with Crippen molar-refractivity contribution in [3.63, 3.8) is 0 Å². The Morgan fingerprint density at radius 3 is 2.63 bits per heavy atom. The summed E-state index contributed by atoms with van der Waals surface area (Å²) in [6.07, 6.45) is 4.94. The van der Waals surface area contributed by atoms with E-state index in [2.05, 4.69) is 22.6 Å². The van der Waals surface area contributed by atoms with Gasteiger partial charge in [-0.25, -0.2) is 0 Å². The largest absolute Gasteiger partial charge is 0.383 e. The first kappa shape index (κ1) is 14.8. The standard InChI is InChI=1S/C14H27N3O2/c1-10(9-19-3)15-14(18)8-17(2)13-6-11-4-5-12(7-13)16-11/h10-13,16H,4-9H2,1-3H3,(H,15,18). The fourth-order valence-electron chi connectivity index (χ4n) is 3.35. The van der Waals surface area contributed by atoms with Crippen molar-refractivity contribution in [2.45, 2.75) is 56.8 Å².